The lowest BCUT2D eigenvalue weighted by atomic mass is 9.51. The highest BCUT2D eigenvalue weighted by atomic mass is 35.5. The third kappa shape index (κ3) is 9.38. The van der Waals surface area contributed by atoms with E-state index < -0.39 is 0 Å². The van der Waals surface area contributed by atoms with Crippen LogP contribution in [0.25, 0.3) is 0 Å². The molecule has 0 heterocycles. The molecule has 1 fully saturated rings. The molecule has 4 atom stereocenters. The van der Waals surface area contributed by atoms with Gasteiger partial charge in [-0.2, -0.15) is 0 Å². The number of halogens is 1. The number of rotatable bonds is 14. The predicted octanol–water partition coefficient (Wildman–Crippen LogP) is 11.6. The Bertz CT molecular complexity index is 1300. The lowest BCUT2D eigenvalue weighted by Gasteiger charge is -2.55. The van der Waals surface area contributed by atoms with E-state index in [0.717, 1.165) is 44.9 Å². The molecule has 248 valence electrons. The minimum absolute atomic E-state index is 0.00181. The van der Waals surface area contributed by atoms with Crippen molar-refractivity contribution in [3.8, 4) is 0 Å². The Morgan fingerprint density at radius 1 is 0.574 bits per heavy atom. The molecule has 1 amide bonds. The van der Waals surface area contributed by atoms with Crippen molar-refractivity contribution in [1.82, 2.24) is 5.32 Å². The molecule has 1 saturated carbocycles. The van der Waals surface area contributed by atoms with Gasteiger partial charge < -0.3 is 5.32 Å². The first-order chi connectivity index (χ1) is 22.7. The molecule has 47 heavy (non-hydrogen) atoms. The van der Waals surface area contributed by atoms with E-state index in [1.807, 2.05) is 0 Å². The summed E-state index contributed by atoms with van der Waals surface area (Å²) in [7, 11) is 0. The van der Waals surface area contributed by atoms with Gasteiger partial charge in [0.25, 0.3) is 0 Å². The molecule has 5 rings (SSSR count). The van der Waals surface area contributed by atoms with Gasteiger partial charge in [0.1, 0.15) is 5.88 Å². The van der Waals surface area contributed by atoms with Crippen LogP contribution < -0.4 is 5.32 Å². The van der Waals surface area contributed by atoms with Gasteiger partial charge in [0, 0.05) is 6.04 Å². The summed E-state index contributed by atoms with van der Waals surface area (Å²) < 4.78 is 0. The Morgan fingerprint density at radius 3 is 1.11 bits per heavy atom. The van der Waals surface area contributed by atoms with Crippen molar-refractivity contribution in [2.24, 2.45) is 10.8 Å². The topological polar surface area (TPSA) is 29.1 Å². The molecule has 0 saturated heterocycles. The molecule has 4 aromatic carbocycles. The molecule has 0 aliphatic heterocycles. The van der Waals surface area contributed by atoms with Crippen LogP contribution in [0.15, 0.2) is 121 Å². The van der Waals surface area contributed by atoms with E-state index in [0.29, 0.717) is 23.7 Å². The molecule has 0 bridgehead atoms. The second-order valence-electron chi connectivity index (χ2n) is 15.0. The van der Waals surface area contributed by atoms with Crippen molar-refractivity contribution in [1.29, 1.82) is 0 Å². The van der Waals surface area contributed by atoms with Crippen LogP contribution in [0, 0.1) is 10.8 Å². The maximum absolute atomic E-state index is 13.0. The van der Waals surface area contributed by atoms with Crippen LogP contribution in [0.2, 0.25) is 0 Å². The average molecular weight is 648 g/mol. The van der Waals surface area contributed by atoms with Gasteiger partial charge in [-0.25, -0.2) is 0 Å². The smallest absolute Gasteiger partial charge is 0.235 e. The maximum Gasteiger partial charge on any atom is 0.235 e. The summed E-state index contributed by atoms with van der Waals surface area (Å²) in [6, 6.07) is 44.2. The summed E-state index contributed by atoms with van der Waals surface area (Å²) in [5, 5.41) is 3.46. The van der Waals surface area contributed by atoms with Crippen LogP contribution in [-0.4, -0.2) is 17.8 Å². The Hall–Kier alpha value is -3.36. The Balaban J connectivity index is 1.60. The van der Waals surface area contributed by atoms with Crippen LogP contribution in [0.4, 0.5) is 0 Å². The fourth-order valence-corrected chi connectivity index (χ4v) is 9.49. The highest BCUT2D eigenvalue weighted by Crippen LogP contribution is 2.60. The fourth-order valence-electron chi connectivity index (χ4n) is 9.41. The van der Waals surface area contributed by atoms with E-state index in [-0.39, 0.29) is 28.7 Å². The summed E-state index contributed by atoms with van der Waals surface area (Å²) in [4.78, 5) is 13.0. The summed E-state index contributed by atoms with van der Waals surface area (Å²) >= 11 is 6.16. The Morgan fingerprint density at radius 2 is 0.851 bits per heavy atom. The van der Waals surface area contributed by atoms with Crippen LogP contribution in [0.3, 0.4) is 0 Å². The van der Waals surface area contributed by atoms with Gasteiger partial charge in [-0.3, -0.25) is 4.79 Å². The van der Waals surface area contributed by atoms with Crippen molar-refractivity contribution >= 4 is 17.5 Å². The van der Waals surface area contributed by atoms with E-state index in [4.69, 9.17) is 11.6 Å². The normalized spacial score (nSPS) is 23.7. The lowest BCUT2D eigenvalue weighted by molar-refractivity contribution is -0.120. The lowest BCUT2D eigenvalue weighted by Crippen LogP contribution is -2.51. The molecule has 4 unspecified atom stereocenters. The molecule has 0 aromatic heterocycles. The minimum Gasteiger partial charge on any atom is -0.352 e. The number of hydrogen-bond acceptors (Lipinski definition) is 1. The van der Waals surface area contributed by atoms with Crippen molar-refractivity contribution in [3.63, 3.8) is 0 Å². The monoisotopic (exact) mass is 647 g/mol. The van der Waals surface area contributed by atoms with Gasteiger partial charge in [-0.05, 0) is 102 Å². The molecule has 4 aromatic rings. The maximum atomic E-state index is 13.0. The Kier molecular flexibility index (Phi) is 12.0. The molecule has 1 aliphatic rings. The SMILES string of the molecule is CC(CC1(CC(C)c2ccccc2)CC(NC(=O)CCl)CC(CC(C)c2ccccc2)(CC(C)c2ccccc2)C1)c1ccccc1. The van der Waals surface area contributed by atoms with Crippen molar-refractivity contribution in [3.05, 3.63) is 144 Å². The van der Waals surface area contributed by atoms with Crippen LogP contribution in [-0.2, 0) is 4.79 Å². The molecule has 1 aliphatic carbocycles. The number of amides is 1. The van der Waals surface area contributed by atoms with Gasteiger partial charge in [-0.1, -0.05) is 149 Å². The zero-order valence-corrected chi connectivity index (χ0v) is 29.6. The third-order valence-corrected chi connectivity index (χ3v) is 11.3. The fraction of sp³-hybridized carbons (Fsp3) is 0.432. The van der Waals surface area contributed by atoms with Gasteiger partial charge in [0.05, 0.1) is 0 Å². The molecule has 2 nitrogen and oxygen atoms in total. The van der Waals surface area contributed by atoms with E-state index in [2.05, 4.69) is 154 Å². The molecular formula is C44H54ClNO. The zero-order chi connectivity index (χ0) is 33.3. The molecule has 1 N–H and O–H groups in total. The number of alkyl halides is 1. The standard InChI is InChI=1S/C44H54ClNO/c1-33(37-17-9-5-10-18-37)25-43(26-34(2)38-19-11-6-12-20-38)29-41(46-42(47)31-45)30-44(32-43,27-35(3)39-21-13-7-14-22-39)28-36(4)40-23-15-8-16-24-40/h5-24,33-36,41H,25-32H2,1-4H3,(H,46,47). The minimum atomic E-state index is -0.0548. The second-order valence-corrected chi connectivity index (χ2v) is 15.3. The molecular weight excluding hydrogens is 594 g/mol. The van der Waals surface area contributed by atoms with Crippen LogP contribution in [0.5, 0.6) is 0 Å². The highest BCUT2D eigenvalue weighted by Gasteiger charge is 2.50. The summed E-state index contributed by atoms with van der Waals surface area (Å²) in [5.74, 6) is 1.55. The molecule has 0 radical (unpaired) electrons. The average Bonchev–Trinajstić information content (AvgIpc) is 3.09. The first-order valence-electron chi connectivity index (χ1n) is 17.7. The largest absolute Gasteiger partial charge is 0.352 e. The summed E-state index contributed by atoms with van der Waals surface area (Å²) in [6.45, 7) is 9.64. The summed E-state index contributed by atoms with van der Waals surface area (Å²) in [5.41, 5.74) is 5.64. The quantitative estimate of drug-likeness (QED) is 0.136. The van der Waals surface area contributed by atoms with Gasteiger partial charge in [-0.15, -0.1) is 11.6 Å². The van der Waals surface area contributed by atoms with E-state index in [9.17, 15) is 4.79 Å². The van der Waals surface area contributed by atoms with Gasteiger partial charge in [0.15, 0.2) is 0 Å². The van der Waals surface area contributed by atoms with E-state index >= 15 is 0 Å². The third-order valence-electron chi connectivity index (χ3n) is 11.0. The highest BCUT2D eigenvalue weighted by molar-refractivity contribution is 6.27. The number of nitrogens with one attached hydrogen (secondary N) is 1. The van der Waals surface area contributed by atoms with Crippen LogP contribution in [0.1, 0.15) is 119 Å². The van der Waals surface area contributed by atoms with E-state index in [1.165, 1.54) is 22.3 Å². The number of benzene rings is 4. The summed E-state index contributed by atoms with van der Waals surface area (Å²) in [6.07, 6.45) is 7.45. The Labute approximate surface area is 289 Å². The van der Waals surface area contributed by atoms with Gasteiger partial charge >= 0.3 is 0 Å². The second kappa shape index (κ2) is 16.2. The van der Waals surface area contributed by atoms with Crippen molar-refractivity contribution < 1.29 is 4.79 Å². The number of hydrogen-bond donors (Lipinski definition) is 1. The zero-order valence-electron chi connectivity index (χ0n) is 28.9. The van der Waals surface area contributed by atoms with Crippen molar-refractivity contribution in [2.45, 2.75) is 102 Å². The van der Waals surface area contributed by atoms with Gasteiger partial charge in [0.2, 0.25) is 5.91 Å². The first kappa shape index (κ1) is 35.0. The number of carbonyl (C=O) groups is 1. The molecule has 0 spiro atoms. The van der Waals surface area contributed by atoms with Crippen molar-refractivity contribution in [2.75, 3.05) is 5.88 Å². The predicted molar refractivity (Wildman–Crippen MR) is 199 cm³/mol. The number of carbonyl (C=O) groups excluding carboxylic acids is 1. The van der Waals surface area contributed by atoms with E-state index in [1.54, 1.807) is 0 Å². The van der Waals surface area contributed by atoms with Crippen LogP contribution >= 0.6 is 11.6 Å². The first-order valence-corrected chi connectivity index (χ1v) is 18.3. The molecule has 3 heteroatoms.